The van der Waals surface area contributed by atoms with E-state index in [2.05, 4.69) is 6.92 Å². The van der Waals surface area contributed by atoms with Crippen LogP contribution in [-0.4, -0.2) is 13.7 Å². The van der Waals surface area contributed by atoms with Crippen molar-refractivity contribution < 1.29 is 9.47 Å². The van der Waals surface area contributed by atoms with E-state index in [0.717, 1.165) is 27.7 Å². The summed E-state index contributed by atoms with van der Waals surface area (Å²) in [4.78, 5) is 2.26. The van der Waals surface area contributed by atoms with E-state index < -0.39 is 0 Å². The van der Waals surface area contributed by atoms with Crippen molar-refractivity contribution in [2.75, 3.05) is 19.5 Å². The maximum atomic E-state index is 5.91. The molecule has 2 rings (SSSR count). The molecule has 0 saturated heterocycles. The van der Waals surface area contributed by atoms with Crippen LogP contribution in [0.2, 0.25) is 0 Å². The van der Waals surface area contributed by atoms with Crippen LogP contribution in [0.4, 0.5) is 5.69 Å². The molecule has 0 fully saturated rings. The van der Waals surface area contributed by atoms with E-state index in [4.69, 9.17) is 15.2 Å². The van der Waals surface area contributed by atoms with Crippen molar-refractivity contribution in [1.82, 2.24) is 0 Å². The molecule has 2 aromatic rings. The lowest BCUT2D eigenvalue weighted by Gasteiger charge is -2.10. The van der Waals surface area contributed by atoms with Crippen molar-refractivity contribution in [2.45, 2.75) is 23.1 Å². The van der Waals surface area contributed by atoms with Gasteiger partial charge in [0.2, 0.25) is 0 Å². The summed E-state index contributed by atoms with van der Waals surface area (Å²) in [6, 6.07) is 13.8. The summed E-state index contributed by atoms with van der Waals surface area (Å²) < 4.78 is 10.8. The smallest absolute Gasteiger partial charge is 0.143 e. The van der Waals surface area contributed by atoms with Gasteiger partial charge in [-0.3, -0.25) is 0 Å². The van der Waals surface area contributed by atoms with Crippen LogP contribution < -0.4 is 15.2 Å². The average molecular weight is 289 g/mol. The summed E-state index contributed by atoms with van der Waals surface area (Å²) in [7, 11) is 1.67. The fourth-order valence-electron chi connectivity index (χ4n) is 1.70. The topological polar surface area (TPSA) is 44.5 Å². The standard InChI is InChI=1S/C16H19NO2S/c1-3-10-19-16-11-14(8-9-15(16)17)20-13-6-4-12(18-2)5-7-13/h4-9,11H,3,10,17H2,1-2H3. The first-order valence-corrected chi connectivity index (χ1v) is 7.39. The van der Waals surface area contributed by atoms with Gasteiger partial charge in [0.25, 0.3) is 0 Å². The molecule has 106 valence electrons. The fraction of sp³-hybridized carbons (Fsp3) is 0.250. The van der Waals surface area contributed by atoms with E-state index in [1.165, 1.54) is 0 Å². The number of ether oxygens (including phenoxy) is 2. The fourth-order valence-corrected chi connectivity index (χ4v) is 2.54. The summed E-state index contributed by atoms with van der Waals surface area (Å²) in [5.41, 5.74) is 6.59. The number of hydrogen-bond acceptors (Lipinski definition) is 4. The van der Waals surface area contributed by atoms with Crippen molar-refractivity contribution >= 4 is 17.4 Å². The number of nitrogen functional groups attached to an aromatic ring is 1. The molecule has 0 aromatic heterocycles. The zero-order valence-corrected chi connectivity index (χ0v) is 12.6. The maximum absolute atomic E-state index is 5.91. The SMILES string of the molecule is CCCOc1cc(Sc2ccc(OC)cc2)ccc1N. The second-order valence-corrected chi connectivity index (χ2v) is 5.47. The highest BCUT2D eigenvalue weighted by atomic mass is 32.2. The van der Waals surface area contributed by atoms with Crippen molar-refractivity contribution in [1.29, 1.82) is 0 Å². The summed E-state index contributed by atoms with van der Waals surface area (Å²) >= 11 is 1.67. The number of nitrogens with two attached hydrogens (primary N) is 1. The van der Waals surface area contributed by atoms with Crippen LogP contribution in [0.15, 0.2) is 52.3 Å². The zero-order chi connectivity index (χ0) is 14.4. The number of methoxy groups -OCH3 is 1. The number of anilines is 1. The van der Waals surface area contributed by atoms with Crippen LogP contribution in [0.3, 0.4) is 0 Å². The molecule has 3 nitrogen and oxygen atoms in total. The molecule has 0 spiro atoms. The van der Waals surface area contributed by atoms with Crippen molar-refractivity contribution in [3.05, 3.63) is 42.5 Å². The van der Waals surface area contributed by atoms with Crippen LogP contribution >= 0.6 is 11.8 Å². The Morgan fingerprint density at radius 3 is 2.40 bits per heavy atom. The quantitative estimate of drug-likeness (QED) is 0.809. The lowest BCUT2D eigenvalue weighted by Crippen LogP contribution is -1.98. The highest BCUT2D eigenvalue weighted by Gasteiger charge is 2.04. The minimum absolute atomic E-state index is 0.678. The molecule has 0 bridgehead atoms. The van der Waals surface area contributed by atoms with E-state index in [-0.39, 0.29) is 0 Å². The molecule has 0 radical (unpaired) electrons. The molecule has 0 aliphatic carbocycles. The van der Waals surface area contributed by atoms with Crippen LogP contribution in [0.1, 0.15) is 13.3 Å². The third-order valence-corrected chi connectivity index (χ3v) is 3.74. The second-order valence-electron chi connectivity index (χ2n) is 4.33. The van der Waals surface area contributed by atoms with Gasteiger partial charge >= 0.3 is 0 Å². The predicted molar refractivity (Wildman–Crippen MR) is 83.8 cm³/mol. The highest BCUT2D eigenvalue weighted by Crippen LogP contribution is 2.33. The van der Waals surface area contributed by atoms with Crippen LogP contribution in [0.5, 0.6) is 11.5 Å². The van der Waals surface area contributed by atoms with Crippen molar-refractivity contribution in [3.63, 3.8) is 0 Å². The van der Waals surface area contributed by atoms with E-state index >= 15 is 0 Å². The first-order chi connectivity index (χ1) is 9.72. The van der Waals surface area contributed by atoms with E-state index in [0.29, 0.717) is 12.3 Å². The molecule has 0 amide bonds. The molecule has 0 saturated carbocycles. The Morgan fingerprint density at radius 1 is 1.05 bits per heavy atom. The monoisotopic (exact) mass is 289 g/mol. The Balaban J connectivity index is 2.11. The summed E-state index contributed by atoms with van der Waals surface area (Å²) in [5.74, 6) is 1.61. The molecular formula is C16H19NO2S. The van der Waals surface area contributed by atoms with E-state index in [9.17, 15) is 0 Å². The van der Waals surface area contributed by atoms with Gasteiger partial charge in [-0.05, 0) is 48.9 Å². The summed E-state index contributed by atoms with van der Waals surface area (Å²) in [5, 5.41) is 0. The lowest BCUT2D eigenvalue weighted by molar-refractivity contribution is 0.318. The van der Waals surface area contributed by atoms with E-state index in [1.54, 1.807) is 18.9 Å². The Labute approximate surface area is 124 Å². The van der Waals surface area contributed by atoms with Crippen LogP contribution in [-0.2, 0) is 0 Å². The van der Waals surface area contributed by atoms with Crippen molar-refractivity contribution in [2.24, 2.45) is 0 Å². The Kier molecular flexibility index (Phi) is 5.18. The molecule has 0 aliphatic rings. The van der Waals surface area contributed by atoms with Gasteiger partial charge in [-0.25, -0.2) is 0 Å². The second kappa shape index (κ2) is 7.10. The molecule has 2 N–H and O–H groups in total. The Hall–Kier alpha value is -1.81. The maximum Gasteiger partial charge on any atom is 0.143 e. The molecular weight excluding hydrogens is 270 g/mol. The number of benzene rings is 2. The minimum atomic E-state index is 0.678. The van der Waals surface area contributed by atoms with Gasteiger partial charge < -0.3 is 15.2 Å². The van der Waals surface area contributed by atoms with Gasteiger partial charge in [0.15, 0.2) is 0 Å². The summed E-state index contributed by atoms with van der Waals surface area (Å²) in [6.07, 6.45) is 0.968. The summed E-state index contributed by atoms with van der Waals surface area (Å²) in [6.45, 7) is 2.76. The Bertz CT molecular complexity index is 555. The van der Waals surface area contributed by atoms with E-state index in [1.807, 2.05) is 42.5 Å². The highest BCUT2D eigenvalue weighted by molar-refractivity contribution is 7.99. The first kappa shape index (κ1) is 14.6. The molecule has 0 heterocycles. The van der Waals surface area contributed by atoms with Gasteiger partial charge in [0.1, 0.15) is 11.5 Å². The molecule has 0 atom stereocenters. The largest absolute Gasteiger partial charge is 0.497 e. The van der Waals surface area contributed by atoms with Crippen molar-refractivity contribution in [3.8, 4) is 11.5 Å². The van der Waals surface area contributed by atoms with Gasteiger partial charge in [-0.1, -0.05) is 18.7 Å². The zero-order valence-electron chi connectivity index (χ0n) is 11.8. The third-order valence-electron chi connectivity index (χ3n) is 2.74. The number of rotatable bonds is 6. The molecule has 0 aliphatic heterocycles. The number of hydrogen-bond donors (Lipinski definition) is 1. The molecule has 4 heteroatoms. The van der Waals surface area contributed by atoms with Gasteiger partial charge in [0.05, 0.1) is 19.4 Å². The van der Waals surface area contributed by atoms with Gasteiger partial charge in [-0.15, -0.1) is 0 Å². The van der Waals surface area contributed by atoms with Crippen LogP contribution in [0.25, 0.3) is 0 Å². The minimum Gasteiger partial charge on any atom is -0.497 e. The first-order valence-electron chi connectivity index (χ1n) is 6.57. The van der Waals surface area contributed by atoms with Crippen LogP contribution in [0, 0.1) is 0 Å². The normalized spacial score (nSPS) is 10.3. The average Bonchev–Trinajstić information content (AvgIpc) is 2.48. The predicted octanol–water partition coefficient (Wildman–Crippen LogP) is 4.22. The lowest BCUT2D eigenvalue weighted by atomic mass is 10.3. The van der Waals surface area contributed by atoms with Gasteiger partial charge in [-0.2, -0.15) is 0 Å². The Morgan fingerprint density at radius 2 is 1.75 bits per heavy atom. The van der Waals surface area contributed by atoms with Gasteiger partial charge in [0, 0.05) is 9.79 Å². The molecule has 0 unspecified atom stereocenters. The molecule has 20 heavy (non-hydrogen) atoms. The molecule has 2 aromatic carbocycles. The third kappa shape index (κ3) is 3.84.